The molecule has 0 radical (unpaired) electrons. The molecule has 2 rings (SSSR count). The van der Waals surface area contributed by atoms with Crippen LogP contribution in [0.4, 0.5) is 0 Å². The molecule has 23 heavy (non-hydrogen) atoms. The zero-order chi connectivity index (χ0) is 16.8. The Kier molecular flexibility index (Phi) is 7.26. The van der Waals surface area contributed by atoms with Crippen LogP contribution in [0.1, 0.15) is 5.56 Å². The van der Waals surface area contributed by atoms with Gasteiger partial charge in [-0.05, 0) is 61.7 Å². The van der Waals surface area contributed by atoms with Crippen LogP contribution in [-0.2, 0) is 4.79 Å². The van der Waals surface area contributed by atoms with E-state index in [1.54, 1.807) is 6.21 Å². The van der Waals surface area contributed by atoms with Crippen molar-refractivity contribution in [3.63, 3.8) is 0 Å². The normalized spacial score (nSPS) is 10.8. The third-order valence-corrected chi connectivity index (χ3v) is 4.75. The van der Waals surface area contributed by atoms with Gasteiger partial charge >= 0.3 is 0 Å². The van der Waals surface area contributed by atoms with Crippen molar-refractivity contribution in [2.24, 2.45) is 5.10 Å². The Bertz CT molecular complexity index is 710. The van der Waals surface area contributed by atoms with Crippen LogP contribution in [0.25, 0.3) is 0 Å². The first kappa shape index (κ1) is 18.6. The summed E-state index contributed by atoms with van der Waals surface area (Å²) in [7, 11) is 0. The van der Waals surface area contributed by atoms with Crippen molar-refractivity contribution in [2.75, 3.05) is 6.61 Å². The summed E-state index contributed by atoms with van der Waals surface area (Å²) in [6, 6.07) is 11.2. The highest BCUT2D eigenvalue weighted by Crippen LogP contribution is 2.36. The summed E-state index contributed by atoms with van der Waals surface area (Å²) < 4.78 is 8.86. The van der Waals surface area contributed by atoms with Crippen LogP contribution in [0.3, 0.4) is 0 Å². The summed E-state index contributed by atoms with van der Waals surface area (Å²) in [5.74, 6) is 0.209. The van der Waals surface area contributed by atoms with E-state index in [4.69, 9.17) is 4.74 Å². The first-order valence-electron chi connectivity index (χ1n) is 6.30. The fraction of sp³-hybridized carbons (Fsp3) is 0.0667. The smallest absolute Gasteiger partial charge is 0.277 e. The van der Waals surface area contributed by atoms with E-state index < -0.39 is 0 Å². The van der Waals surface area contributed by atoms with Gasteiger partial charge in [-0.2, -0.15) is 5.10 Å². The van der Waals surface area contributed by atoms with Gasteiger partial charge in [-0.1, -0.05) is 44.0 Å². The van der Waals surface area contributed by atoms with Gasteiger partial charge in [0.2, 0.25) is 0 Å². The zero-order valence-electron chi connectivity index (χ0n) is 11.5. The average Bonchev–Trinajstić information content (AvgIpc) is 2.48. The first-order valence-corrected chi connectivity index (χ1v) is 9.47. The molecule has 0 saturated heterocycles. The molecule has 0 heterocycles. The number of ether oxygens (including phenoxy) is 1. The Morgan fingerprint density at radius 1 is 1.04 bits per heavy atom. The summed E-state index contributed by atoms with van der Waals surface area (Å²) in [5, 5.41) is 3.89. The molecule has 0 bridgehead atoms. The largest absolute Gasteiger partial charge is 0.481 e. The van der Waals surface area contributed by atoms with Crippen molar-refractivity contribution in [1.29, 1.82) is 0 Å². The maximum absolute atomic E-state index is 11.8. The molecule has 120 valence electrons. The van der Waals surface area contributed by atoms with Gasteiger partial charge in [0.1, 0.15) is 5.75 Å². The van der Waals surface area contributed by atoms with E-state index in [9.17, 15) is 4.79 Å². The lowest BCUT2D eigenvalue weighted by Gasteiger charge is -2.09. The molecule has 2 aromatic rings. The molecule has 0 aliphatic rings. The third-order valence-electron chi connectivity index (χ3n) is 2.58. The van der Waals surface area contributed by atoms with E-state index in [1.165, 1.54) is 0 Å². The van der Waals surface area contributed by atoms with Crippen molar-refractivity contribution in [2.45, 2.75) is 0 Å². The van der Waals surface area contributed by atoms with E-state index in [-0.39, 0.29) is 12.5 Å². The lowest BCUT2D eigenvalue weighted by molar-refractivity contribution is -0.123. The van der Waals surface area contributed by atoms with Gasteiger partial charge in [-0.25, -0.2) is 5.43 Å². The van der Waals surface area contributed by atoms with Crippen LogP contribution >= 0.6 is 63.7 Å². The van der Waals surface area contributed by atoms with Crippen molar-refractivity contribution in [3.05, 3.63) is 59.9 Å². The quantitative estimate of drug-likeness (QED) is 0.394. The molecule has 4 nitrogen and oxygen atoms in total. The van der Waals surface area contributed by atoms with E-state index >= 15 is 0 Å². The van der Waals surface area contributed by atoms with E-state index in [0.717, 1.165) is 23.5 Å². The zero-order valence-corrected chi connectivity index (χ0v) is 17.9. The molecular weight excluding hydrogens is 560 g/mol. The standard InChI is InChI=1S/C15H10Br4N2O2/c16-10-3-1-9(2-4-10)7-20-21-14(22)8-23-15-12(18)5-11(17)6-13(15)19/h1-7H,8H2,(H,21,22). The number of rotatable bonds is 5. The minimum atomic E-state index is -0.347. The summed E-state index contributed by atoms with van der Waals surface area (Å²) in [6.07, 6.45) is 1.57. The van der Waals surface area contributed by atoms with Crippen LogP contribution in [-0.4, -0.2) is 18.7 Å². The second kappa shape index (κ2) is 8.96. The lowest BCUT2D eigenvalue weighted by atomic mass is 10.2. The predicted molar refractivity (Wildman–Crippen MR) is 105 cm³/mol. The number of nitrogens with zero attached hydrogens (tertiary/aromatic N) is 1. The van der Waals surface area contributed by atoms with E-state index in [0.29, 0.717) is 5.75 Å². The van der Waals surface area contributed by atoms with Crippen LogP contribution in [0.5, 0.6) is 5.75 Å². The van der Waals surface area contributed by atoms with Gasteiger partial charge < -0.3 is 4.74 Å². The average molecular weight is 570 g/mol. The predicted octanol–water partition coefficient (Wildman–Crippen LogP) is 5.27. The number of halogens is 4. The molecule has 0 unspecified atom stereocenters. The molecule has 0 spiro atoms. The molecule has 1 N–H and O–H groups in total. The van der Waals surface area contributed by atoms with Crippen molar-refractivity contribution >= 4 is 75.8 Å². The maximum atomic E-state index is 11.8. The highest BCUT2D eigenvalue weighted by molar-refractivity contribution is 9.11. The second-order valence-corrected chi connectivity index (χ2v) is 7.87. The van der Waals surface area contributed by atoms with Gasteiger partial charge in [0, 0.05) is 8.95 Å². The van der Waals surface area contributed by atoms with Gasteiger partial charge in [0.15, 0.2) is 6.61 Å². The number of carbonyl (C=O) groups is 1. The monoisotopic (exact) mass is 566 g/mol. The summed E-state index contributed by atoms with van der Waals surface area (Å²) in [4.78, 5) is 11.8. The Hall–Kier alpha value is -0.700. The van der Waals surface area contributed by atoms with E-state index in [2.05, 4.69) is 74.2 Å². The minimum Gasteiger partial charge on any atom is -0.481 e. The molecule has 0 aliphatic heterocycles. The lowest BCUT2D eigenvalue weighted by Crippen LogP contribution is -2.24. The summed E-state index contributed by atoms with van der Waals surface area (Å²) in [6.45, 7) is -0.142. The summed E-state index contributed by atoms with van der Waals surface area (Å²) in [5.41, 5.74) is 3.30. The SMILES string of the molecule is O=C(COc1c(Br)cc(Br)cc1Br)NN=Cc1ccc(Br)cc1. The van der Waals surface area contributed by atoms with Gasteiger partial charge in [-0.3, -0.25) is 4.79 Å². The first-order chi connectivity index (χ1) is 11.0. The molecule has 0 saturated carbocycles. The number of carbonyl (C=O) groups excluding carboxylic acids is 1. The highest BCUT2D eigenvalue weighted by Gasteiger charge is 2.10. The van der Waals surface area contributed by atoms with Crippen LogP contribution in [0.15, 0.2) is 59.4 Å². The van der Waals surface area contributed by atoms with Gasteiger partial charge in [0.25, 0.3) is 5.91 Å². The Morgan fingerprint density at radius 2 is 1.65 bits per heavy atom. The van der Waals surface area contributed by atoms with Crippen molar-refractivity contribution < 1.29 is 9.53 Å². The Morgan fingerprint density at radius 3 is 2.26 bits per heavy atom. The molecule has 0 aliphatic carbocycles. The number of hydrogen-bond donors (Lipinski definition) is 1. The second-order valence-electron chi connectivity index (χ2n) is 4.33. The number of nitrogens with one attached hydrogen (secondary N) is 1. The number of amides is 1. The van der Waals surface area contributed by atoms with E-state index in [1.807, 2.05) is 36.4 Å². The summed E-state index contributed by atoms with van der Waals surface area (Å²) >= 11 is 13.5. The molecule has 1 amide bonds. The Labute approximate surface area is 167 Å². The molecular formula is C15H10Br4N2O2. The molecule has 2 aromatic carbocycles. The van der Waals surface area contributed by atoms with Crippen molar-refractivity contribution in [1.82, 2.24) is 5.43 Å². The number of benzene rings is 2. The van der Waals surface area contributed by atoms with Crippen LogP contribution in [0.2, 0.25) is 0 Å². The van der Waals surface area contributed by atoms with Gasteiger partial charge in [-0.15, -0.1) is 0 Å². The molecule has 0 fully saturated rings. The third kappa shape index (κ3) is 6.02. The fourth-order valence-corrected chi connectivity index (χ4v) is 4.32. The molecule has 0 atom stereocenters. The van der Waals surface area contributed by atoms with Gasteiger partial charge in [0.05, 0.1) is 15.2 Å². The highest BCUT2D eigenvalue weighted by atomic mass is 79.9. The number of hydrogen-bond acceptors (Lipinski definition) is 3. The topological polar surface area (TPSA) is 50.7 Å². The maximum Gasteiger partial charge on any atom is 0.277 e. The molecule has 8 heteroatoms. The van der Waals surface area contributed by atoms with Crippen molar-refractivity contribution in [3.8, 4) is 5.75 Å². The Balaban J connectivity index is 1.87. The van der Waals surface area contributed by atoms with Crippen LogP contribution in [0, 0.1) is 0 Å². The molecule has 0 aromatic heterocycles. The minimum absolute atomic E-state index is 0.142. The fourth-order valence-electron chi connectivity index (χ4n) is 1.56. The number of hydrazone groups is 1. The van der Waals surface area contributed by atoms with Crippen LogP contribution < -0.4 is 10.2 Å².